The molecule has 1 aliphatic heterocycles. The molecule has 2 amide bonds. The Morgan fingerprint density at radius 1 is 1.52 bits per heavy atom. The molecular formula is C16H17N3O3S. The molecule has 1 aromatic carbocycles. The number of allylic oxidation sites excluding steroid dienone is 1. The van der Waals surface area contributed by atoms with Gasteiger partial charge >= 0.3 is 0 Å². The Morgan fingerprint density at radius 3 is 2.91 bits per heavy atom. The summed E-state index contributed by atoms with van der Waals surface area (Å²) in [7, 11) is 0. The van der Waals surface area contributed by atoms with Crippen LogP contribution >= 0.6 is 11.8 Å². The van der Waals surface area contributed by atoms with Crippen LogP contribution in [0.15, 0.2) is 34.9 Å². The summed E-state index contributed by atoms with van der Waals surface area (Å²) in [4.78, 5) is 23.0. The molecule has 0 fully saturated rings. The van der Waals surface area contributed by atoms with Crippen LogP contribution in [0.1, 0.15) is 24.8 Å². The Balaban J connectivity index is 2.43. The second-order valence-electron chi connectivity index (χ2n) is 4.89. The molecule has 0 aliphatic carbocycles. The second kappa shape index (κ2) is 7.70. The molecule has 120 valence electrons. The minimum atomic E-state index is -0.508. The quantitative estimate of drug-likeness (QED) is 0.824. The lowest BCUT2D eigenvalue weighted by molar-refractivity contribution is -0.121. The lowest BCUT2D eigenvalue weighted by Gasteiger charge is -2.26. The standard InChI is InChI=1S/C16H17N3O3S/c1-2-22-13-6-4-3-5-10(13)11-7-15(21)19-16(12(11)8-17)23-9-14(18)20/h3-6,11H,2,7,9H2,1H3,(H2,18,20)(H,19,21)/t11-/m1/s1. The highest BCUT2D eigenvalue weighted by Gasteiger charge is 2.31. The molecule has 3 N–H and O–H groups in total. The predicted molar refractivity (Wildman–Crippen MR) is 87.4 cm³/mol. The highest BCUT2D eigenvalue weighted by molar-refractivity contribution is 8.03. The third kappa shape index (κ3) is 4.05. The van der Waals surface area contributed by atoms with Crippen molar-refractivity contribution in [3.63, 3.8) is 0 Å². The van der Waals surface area contributed by atoms with Gasteiger partial charge in [-0.15, -0.1) is 0 Å². The maximum absolute atomic E-state index is 12.0. The fraction of sp³-hybridized carbons (Fsp3) is 0.312. The summed E-state index contributed by atoms with van der Waals surface area (Å²) in [6.45, 7) is 2.37. The number of thioether (sulfide) groups is 1. The molecule has 0 aromatic heterocycles. The Morgan fingerprint density at radius 2 is 2.26 bits per heavy atom. The van der Waals surface area contributed by atoms with Crippen molar-refractivity contribution < 1.29 is 14.3 Å². The summed E-state index contributed by atoms with van der Waals surface area (Å²) >= 11 is 1.07. The number of nitriles is 1. The van der Waals surface area contributed by atoms with E-state index in [9.17, 15) is 14.9 Å². The van der Waals surface area contributed by atoms with Crippen molar-refractivity contribution in [2.24, 2.45) is 5.73 Å². The molecule has 7 heteroatoms. The van der Waals surface area contributed by atoms with Crippen LogP contribution in [0.5, 0.6) is 5.75 Å². The van der Waals surface area contributed by atoms with Crippen LogP contribution in [0.2, 0.25) is 0 Å². The smallest absolute Gasteiger partial charge is 0.227 e. The van der Waals surface area contributed by atoms with Crippen LogP contribution < -0.4 is 15.8 Å². The first kappa shape index (κ1) is 16.9. The zero-order valence-corrected chi connectivity index (χ0v) is 13.5. The number of rotatable bonds is 6. The van der Waals surface area contributed by atoms with Crippen LogP contribution in [-0.2, 0) is 9.59 Å². The molecule has 1 aliphatic rings. The third-order valence-electron chi connectivity index (χ3n) is 3.31. The van der Waals surface area contributed by atoms with E-state index in [4.69, 9.17) is 10.5 Å². The van der Waals surface area contributed by atoms with Crippen molar-refractivity contribution in [2.75, 3.05) is 12.4 Å². The number of primary amides is 1. The summed E-state index contributed by atoms with van der Waals surface area (Å²) in [6.07, 6.45) is 0.160. The molecule has 0 bridgehead atoms. The van der Waals surface area contributed by atoms with E-state index in [-0.39, 0.29) is 18.1 Å². The van der Waals surface area contributed by atoms with E-state index < -0.39 is 11.8 Å². The summed E-state index contributed by atoms with van der Waals surface area (Å²) in [6, 6.07) is 9.50. The Kier molecular flexibility index (Phi) is 5.66. The number of nitrogens with one attached hydrogen (secondary N) is 1. The van der Waals surface area contributed by atoms with E-state index in [0.717, 1.165) is 17.3 Å². The molecular weight excluding hydrogens is 314 g/mol. The summed E-state index contributed by atoms with van der Waals surface area (Å²) in [5.41, 5.74) is 6.35. The lowest BCUT2D eigenvalue weighted by atomic mass is 9.86. The van der Waals surface area contributed by atoms with Gasteiger partial charge in [-0.1, -0.05) is 30.0 Å². The van der Waals surface area contributed by atoms with Crippen LogP contribution in [0.4, 0.5) is 0 Å². The molecule has 1 atom stereocenters. The van der Waals surface area contributed by atoms with Crippen molar-refractivity contribution in [3.05, 3.63) is 40.4 Å². The van der Waals surface area contributed by atoms with Gasteiger partial charge in [-0.2, -0.15) is 5.26 Å². The zero-order valence-electron chi connectivity index (χ0n) is 12.7. The molecule has 0 radical (unpaired) electrons. The van der Waals surface area contributed by atoms with Gasteiger partial charge in [-0.25, -0.2) is 0 Å². The fourth-order valence-electron chi connectivity index (χ4n) is 2.40. The number of ether oxygens (including phenoxy) is 1. The molecule has 1 heterocycles. The summed E-state index contributed by atoms with van der Waals surface area (Å²) in [5, 5.41) is 12.6. The number of carbonyl (C=O) groups is 2. The first-order valence-electron chi connectivity index (χ1n) is 7.13. The Labute approximate surface area is 138 Å². The van der Waals surface area contributed by atoms with Crippen LogP contribution in [0, 0.1) is 11.3 Å². The zero-order chi connectivity index (χ0) is 16.8. The van der Waals surface area contributed by atoms with Gasteiger partial charge in [0.1, 0.15) is 5.75 Å². The molecule has 0 unspecified atom stereocenters. The van der Waals surface area contributed by atoms with Crippen molar-refractivity contribution in [3.8, 4) is 11.8 Å². The number of para-hydroxylation sites is 1. The first-order valence-corrected chi connectivity index (χ1v) is 8.12. The van der Waals surface area contributed by atoms with Crippen molar-refractivity contribution in [2.45, 2.75) is 19.3 Å². The van der Waals surface area contributed by atoms with Crippen LogP contribution in [0.3, 0.4) is 0 Å². The number of hydrogen-bond acceptors (Lipinski definition) is 5. The number of nitrogens with two attached hydrogens (primary N) is 1. The largest absolute Gasteiger partial charge is 0.494 e. The van der Waals surface area contributed by atoms with E-state index in [0.29, 0.717) is 23.0 Å². The summed E-state index contributed by atoms with van der Waals surface area (Å²) < 4.78 is 5.61. The highest BCUT2D eigenvalue weighted by Crippen LogP contribution is 2.39. The average Bonchev–Trinajstić information content (AvgIpc) is 2.53. The molecule has 2 rings (SSSR count). The molecule has 6 nitrogen and oxygen atoms in total. The highest BCUT2D eigenvalue weighted by atomic mass is 32.2. The van der Waals surface area contributed by atoms with E-state index in [2.05, 4.69) is 11.4 Å². The van der Waals surface area contributed by atoms with E-state index in [1.54, 1.807) is 0 Å². The number of hydrogen-bond donors (Lipinski definition) is 2. The molecule has 23 heavy (non-hydrogen) atoms. The first-order chi connectivity index (χ1) is 11.1. The molecule has 0 spiro atoms. The van der Waals surface area contributed by atoms with Crippen LogP contribution in [-0.4, -0.2) is 24.2 Å². The van der Waals surface area contributed by atoms with E-state index in [1.165, 1.54) is 0 Å². The monoisotopic (exact) mass is 331 g/mol. The van der Waals surface area contributed by atoms with Crippen molar-refractivity contribution >= 4 is 23.6 Å². The number of nitrogens with zero attached hydrogens (tertiary/aromatic N) is 1. The van der Waals surface area contributed by atoms with Gasteiger partial charge in [0.15, 0.2) is 0 Å². The maximum Gasteiger partial charge on any atom is 0.227 e. The number of benzene rings is 1. The summed E-state index contributed by atoms with van der Waals surface area (Å²) in [5.74, 6) is -0.451. The van der Waals surface area contributed by atoms with Crippen molar-refractivity contribution in [1.82, 2.24) is 5.32 Å². The van der Waals surface area contributed by atoms with E-state index >= 15 is 0 Å². The topological polar surface area (TPSA) is 105 Å². The normalized spacial score (nSPS) is 17.4. The Bertz CT molecular complexity index is 694. The van der Waals surface area contributed by atoms with Gasteiger partial charge < -0.3 is 15.8 Å². The van der Waals surface area contributed by atoms with Gasteiger partial charge in [0.25, 0.3) is 0 Å². The Hall–Kier alpha value is -2.46. The fourth-order valence-corrected chi connectivity index (χ4v) is 3.21. The predicted octanol–water partition coefficient (Wildman–Crippen LogP) is 1.64. The number of carbonyl (C=O) groups excluding carboxylic acids is 2. The SMILES string of the molecule is CCOc1ccccc1[C@H]1CC(=O)NC(SCC(N)=O)=C1C#N. The van der Waals surface area contributed by atoms with Crippen molar-refractivity contribution in [1.29, 1.82) is 5.26 Å². The molecule has 1 aromatic rings. The second-order valence-corrected chi connectivity index (χ2v) is 5.87. The van der Waals surface area contributed by atoms with Gasteiger partial charge in [-0.05, 0) is 13.0 Å². The molecule has 0 saturated carbocycles. The van der Waals surface area contributed by atoms with Gasteiger partial charge in [0, 0.05) is 17.9 Å². The minimum absolute atomic E-state index is 0.000615. The maximum atomic E-state index is 12.0. The van der Waals surface area contributed by atoms with Gasteiger partial charge in [0.2, 0.25) is 11.8 Å². The number of amides is 2. The molecule has 0 saturated heterocycles. The minimum Gasteiger partial charge on any atom is -0.494 e. The lowest BCUT2D eigenvalue weighted by Crippen LogP contribution is -2.31. The average molecular weight is 331 g/mol. The van der Waals surface area contributed by atoms with E-state index in [1.807, 2.05) is 31.2 Å². The van der Waals surface area contributed by atoms with Crippen LogP contribution in [0.25, 0.3) is 0 Å². The van der Waals surface area contributed by atoms with Gasteiger partial charge in [0.05, 0.1) is 29.0 Å². The van der Waals surface area contributed by atoms with Gasteiger partial charge in [-0.3, -0.25) is 9.59 Å². The third-order valence-corrected chi connectivity index (χ3v) is 4.35.